The fourth-order valence-corrected chi connectivity index (χ4v) is 4.21. The number of pyridine rings is 1. The van der Waals surface area contributed by atoms with Crippen molar-refractivity contribution in [1.29, 1.82) is 0 Å². The van der Waals surface area contributed by atoms with Gasteiger partial charge in [0.2, 0.25) is 0 Å². The molecular formula is C19H30N3O3P. The average molecular weight is 379 g/mol. The van der Waals surface area contributed by atoms with Gasteiger partial charge < -0.3 is 14.3 Å². The minimum absolute atomic E-state index is 0.0560. The lowest BCUT2D eigenvalue weighted by Crippen LogP contribution is -2.53. The van der Waals surface area contributed by atoms with E-state index >= 15 is 0 Å². The number of aromatic nitrogens is 1. The number of fused-ring (bicyclic) bond motifs is 3. The van der Waals surface area contributed by atoms with E-state index in [9.17, 15) is 9.46 Å². The molecule has 1 aromatic heterocycles. The Labute approximate surface area is 156 Å². The monoisotopic (exact) mass is 379 g/mol. The standard InChI is InChI=1S/C15H22N3O3P.C4H8/c1-11-9-13-5-4-6-16-15(13)18-8-7-17(22(19,20)21-3)10-14(18)12(11)2;1-3-4-2/h4-6,14H,7-10H2,1-3H3,(H,19,20);3-4H,1-2H3/b;4-3-. The molecule has 2 aliphatic rings. The molecule has 2 unspecified atom stereocenters. The zero-order valence-electron chi connectivity index (χ0n) is 16.3. The second kappa shape index (κ2) is 8.96. The van der Waals surface area contributed by atoms with E-state index in [1.54, 1.807) is 4.67 Å². The second-order valence-corrected chi connectivity index (χ2v) is 8.50. The number of piperazine rings is 1. The van der Waals surface area contributed by atoms with Crippen LogP contribution in [-0.4, -0.2) is 47.3 Å². The Hall–Kier alpha value is -1.46. The molecule has 6 nitrogen and oxygen atoms in total. The minimum Gasteiger partial charge on any atom is -0.347 e. The maximum Gasteiger partial charge on any atom is 0.405 e. The first kappa shape index (κ1) is 20.8. The summed E-state index contributed by atoms with van der Waals surface area (Å²) in [5, 5.41) is 0. The van der Waals surface area contributed by atoms with Crippen LogP contribution < -0.4 is 4.90 Å². The van der Waals surface area contributed by atoms with Crippen LogP contribution in [0.1, 0.15) is 33.3 Å². The molecule has 3 rings (SSSR count). The smallest absolute Gasteiger partial charge is 0.347 e. The molecule has 7 heteroatoms. The number of nitrogens with zero attached hydrogens (tertiary/aromatic N) is 3. The lowest BCUT2D eigenvalue weighted by molar-refractivity contribution is 0.220. The van der Waals surface area contributed by atoms with Gasteiger partial charge in [0, 0.05) is 32.9 Å². The number of hydrogen-bond acceptors (Lipinski definition) is 4. The molecule has 2 aliphatic heterocycles. The molecular weight excluding hydrogens is 349 g/mol. The third kappa shape index (κ3) is 4.44. The van der Waals surface area contributed by atoms with Gasteiger partial charge in [-0.25, -0.2) is 14.2 Å². The molecule has 1 fully saturated rings. The number of hydrogen-bond donors (Lipinski definition) is 1. The Morgan fingerprint density at radius 1 is 1.31 bits per heavy atom. The summed E-state index contributed by atoms with van der Waals surface area (Å²) in [6, 6.07) is 4.13. The molecule has 1 saturated heterocycles. The molecule has 26 heavy (non-hydrogen) atoms. The Morgan fingerprint density at radius 2 is 2.00 bits per heavy atom. The van der Waals surface area contributed by atoms with Crippen LogP contribution in [0.25, 0.3) is 0 Å². The molecule has 0 aliphatic carbocycles. The van der Waals surface area contributed by atoms with Crippen molar-refractivity contribution in [3.8, 4) is 0 Å². The normalized spacial score (nSPS) is 22.8. The van der Waals surface area contributed by atoms with Gasteiger partial charge in [0.15, 0.2) is 0 Å². The molecule has 0 aromatic carbocycles. The Bertz CT molecular complexity index is 728. The highest BCUT2D eigenvalue weighted by molar-refractivity contribution is 7.50. The number of allylic oxidation sites excluding steroid dienone is 3. The van der Waals surface area contributed by atoms with Crippen LogP contribution in [0.3, 0.4) is 0 Å². The van der Waals surface area contributed by atoms with Crippen molar-refractivity contribution < 1.29 is 14.0 Å². The highest BCUT2D eigenvalue weighted by Crippen LogP contribution is 2.47. The Balaban J connectivity index is 0.000000552. The summed E-state index contributed by atoms with van der Waals surface area (Å²) < 4.78 is 18.5. The zero-order chi connectivity index (χ0) is 19.3. The molecule has 2 atom stereocenters. The molecule has 0 bridgehead atoms. The van der Waals surface area contributed by atoms with E-state index in [1.807, 2.05) is 38.3 Å². The first-order valence-electron chi connectivity index (χ1n) is 8.93. The van der Waals surface area contributed by atoms with Crippen molar-refractivity contribution in [2.45, 2.75) is 40.2 Å². The predicted molar refractivity (Wildman–Crippen MR) is 106 cm³/mol. The van der Waals surface area contributed by atoms with E-state index in [0.717, 1.165) is 12.2 Å². The van der Waals surface area contributed by atoms with E-state index < -0.39 is 7.75 Å². The van der Waals surface area contributed by atoms with Gasteiger partial charge >= 0.3 is 7.75 Å². The SMILES string of the molecule is C/C=C\C.COP(=O)(O)N1CCN2c3ncccc3CC(C)=C(C)C2C1. The lowest BCUT2D eigenvalue weighted by atomic mass is 9.99. The van der Waals surface area contributed by atoms with Crippen molar-refractivity contribution in [3.63, 3.8) is 0 Å². The van der Waals surface area contributed by atoms with Crippen molar-refractivity contribution in [2.24, 2.45) is 0 Å². The van der Waals surface area contributed by atoms with Gasteiger partial charge in [-0.1, -0.05) is 29.4 Å². The van der Waals surface area contributed by atoms with Crippen molar-refractivity contribution in [3.05, 3.63) is 47.2 Å². The molecule has 0 saturated carbocycles. The van der Waals surface area contributed by atoms with Gasteiger partial charge in [-0.05, 0) is 45.7 Å². The summed E-state index contributed by atoms with van der Waals surface area (Å²) in [7, 11) is -2.41. The summed E-state index contributed by atoms with van der Waals surface area (Å²) in [5.74, 6) is 0.994. The highest BCUT2D eigenvalue weighted by atomic mass is 31.2. The first-order valence-corrected chi connectivity index (χ1v) is 10.5. The van der Waals surface area contributed by atoms with Crippen molar-refractivity contribution in [2.75, 3.05) is 31.6 Å². The van der Waals surface area contributed by atoms with Crippen LogP contribution in [0.2, 0.25) is 0 Å². The quantitative estimate of drug-likeness (QED) is 0.623. The number of anilines is 1. The summed E-state index contributed by atoms with van der Waals surface area (Å²) in [4.78, 5) is 16.8. The van der Waals surface area contributed by atoms with E-state index in [4.69, 9.17) is 4.52 Å². The first-order chi connectivity index (χ1) is 12.4. The second-order valence-electron chi connectivity index (χ2n) is 6.59. The Morgan fingerprint density at radius 3 is 2.62 bits per heavy atom. The molecule has 0 amide bonds. The molecule has 3 heterocycles. The molecule has 0 radical (unpaired) electrons. The van der Waals surface area contributed by atoms with Crippen LogP contribution in [0.15, 0.2) is 41.6 Å². The summed E-state index contributed by atoms with van der Waals surface area (Å²) in [6.45, 7) is 9.86. The molecule has 0 spiro atoms. The van der Waals surface area contributed by atoms with E-state index in [-0.39, 0.29) is 6.04 Å². The topological polar surface area (TPSA) is 65.9 Å². The maximum absolute atomic E-state index is 12.1. The molecule has 144 valence electrons. The van der Waals surface area contributed by atoms with Crippen LogP contribution in [0.4, 0.5) is 5.82 Å². The zero-order valence-corrected chi connectivity index (χ0v) is 17.2. The van der Waals surface area contributed by atoms with E-state index in [0.29, 0.717) is 19.6 Å². The summed E-state index contributed by atoms with van der Waals surface area (Å²) in [6.07, 6.45) is 6.69. The summed E-state index contributed by atoms with van der Waals surface area (Å²) >= 11 is 0. The summed E-state index contributed by atoms with van der Waals surface area (Å²) in [5.41, 5.74) is 3.77. The minimum atomic E-state index is -3.69. The van der Waals surface area contributed by atoms with E-state index in [2.05, 4.69) is 29.8 Å². The fourth-order valence-electron chi connectivity index (χ4n) is 3.27. The number of rotatable bonds is 2. The van der Waals surface area contributed by atoms with Gasteiger partial charge in [0.05, 0.1) is 6.04 Å². The van der Waals surface area contributed by atoms with Crippen molar-refractivity contribution in [1.82, 2.24) is 9.65 Å². The largest absolute Gasteiger partial charge is 0.405 e. The lowest BCUT2D eigenvalue weighted by Gasteiger charge is -2.42. The van der Waals surface area contributed by atoms with Gasteiger partial charge in [-0.15, -0.1) is 0 Å². The third-order valence-corrected chi connectivity index (χ3v) is 6.61. The molecule has 1 aromatic rings. The highest BCUT2D eigenvalue weighted by Gasteiger charge is 2.39. The average Bonchev–Trinajstić information content (AvgIpc) is 2.77. The van der Waals surface area contributed by atoms with Crippen LogP contribution in [0.5, 0.6) is 0 Å². The molecule has 1 N–H and O–H groups in total. The maximum atomic E-state index is 12.1. The van der Waals surface area contributed by atoms with Gasteiger partial charge in [-0.2, -0.15) is 0 Å². The fraction of sp³-hybridized carbons (Fsp3) is 0.526. The van der Waals surface area contributed by atoms with Crippen molar-refractivity contribution >= 4 is 13.6 Å². The van der Waals surface area contributed by atoms with Gasteiger partial charge in [0.1, 0.15) is 5.82 Å². The van der Waals surface area contributed by atoms with Crippen LogP contribution >= 0.6 is 7.75 Å². The van der Waals surface area contributed by atoms with Crippen LogP contribution in [0, 0.1) is 0 Å². The third-order valence-electron chi connectivity index (χ3n) is 5.06. The Kier molecular flexibility index (Phi) is 7.18. The van der Waals surface area contributed by atoms with E-state index in [1.165, 1.54) is 23.8 Å². The van der Waals surface area contributed by atoms with Gasteiger partial charge in [0.25, 0.3) is 0 Å². The predicted octanol–water partition coefficient (Wildman–Crippen LogP) is 3.79. The van der Waals surface area contributed by atoms with Crippen LogP contribution in [-0.2, 0) is 15.5 Å². The van der Waals surface area contributed by atoms with Gasteiger partial charge in [-0.3, -0.25) is 0 Å².